The standard InChI is InChI=1S/C14H17FN6O2/c1-14(12(22)23)3-5-21(6-4-14)13-16-7-9(15)10(19-13)11-17-8-18-20(11)2/h7-8H,3-6H2,1-2H3,(H,22,23). The lowest BCUT2D eigenvalue weighted by Crippen LogP contribution is -2.43. The molecule has 0 spiro atoms. The van der Waals surface area contributed by atoms with Gasteiger partial charge >= 0.3 is 5.97 Å². The zero-order valence-corrected chi connectivity index (χ0v) is 12.9. The Morgan fingerprint density at radius 3 is 2.61 bits per heavy atom. The van der Waals surface area contributed by atoms with Gasteiger partial charge in [0.05, 0.1) is 11.6 Å². The van der Waals surface area contributed by atoms with Crippen LogP contribution in [0.2, 0.25) is 0 Å². The summed E-state index contributed by atoms with van der Waals surface area (Å²) in [5.74, 6) is -0.676. The van der Waals surface area contributed by atoms with Gasteiger partial charge in [-0.2, -0.15) is 5.10 Å². The fourth-order valence-electron chi connectivity index (χ4n) is 2.59. The molecule has 2 aromatic heterocycles. The molecule has 23 heavy (non-hydrogen) atoms. The van der Waals surface area contributed by atoms with Crippen molar-refractivity contribution in [2.24, 2.45) is 12.5 Å². The van der Waals surface area contributed by atoms with Gasteiger partial charge in [0.25, 0.3) is 0 Å². The number of anilines is 1. The summed E-state index contributed by atoms with van der Waals surface area (Å²) in [5, 5.41) is 13.2. The van der Waals surface area contributed by atoms with Crippen molar-refractivity contribution < 1.29 is 14.3 Å². The number of nitrogens with zero attached hydrogens (tertiary/aromatic N) is 6. The Balaban J connectivity index is 1.86. The van der Waals surface area contributed by atoms with Gasteiger partial charge in [-0.15, -0.1) is 0 Å². The third kappa shape index (κ3) is 2.73. The molecule has 8 nitrogen and oxygen atoms in total. The average Bonchev–Trinajstić information content (AvgIpc) is 2.94. The molecule has 1 aliphatic rings. The van der Waals surface area contributed by atoms with Gasteiger partial charge in [0.15, 0.2) is 11.6 Å². The summed E-state index contributed by atoms with van der Waals surface area (Å²) in [6.07, 6.45) is 3.41. The van der Waals surface area contributed by atoms with E-state index in [1.807, 2.05) is 4.90 Å². The number of hydrogen-bond donors (Lipinski definition) is 1. The number of aliphatic carboxylic acids is 1. The Hall–Kier alpha value is -2.58. The smallest absolute Gasteiger partial charge is 0.309 e. The second kappa shape index (κ2) is 5.56. The van der Waals surface area contributed by atoms with Gasteiger partial charge in [-0.1, -0.05) is 0 Å². The van der Waals surface area contributed by atoms with Crippen LogP contribution in [-0.2, 0) is 11.8 Å². The third-order valence-electron chi connectivity index (χ3n) is 4.32. The summed E-state index contributed by atoms with van der Waals surface area (Å²) in [6, 6.07) is 0. The van der Waals surface area contributed by atoms with E-state index in [0.29, 0.717) is 37.7 Å². The van der Waals surface area contributed by atoms with Crippen LogP contribution >= 0.6 is 0 Å². The molecule has 1 N–H and O–H groups in total. The number of piperidine rings is 1. The molecular formula is C14H17FN6O2. The third-order valence-corrected chi connectivity index (χ3v) is 4.32. The van der Waals surface area contributed by atoms with Crippen molar-refractivity contribution in [3.8, 4) is 11.5 Å². The summed E-state index contributed by atoms with van der Waals surface area (Å²) in [5.41, 5.74) is -0.648. The quantitative estimate of drug-likeness (QED) is 0.904. The van der Waals surface area contributed by atoms with Crippen LogP contribution in [0.5, 0.6) is 0 Å². The molecule has 0 aliphatic carbocycles. The maximum Gasteiger partial charge on any atom is 0.309 e. The molecule has 0 aromatic carbocycles. The molecule has 3 heterocycles. The Bertz CT molecular complexity index is 739. The normalized spacial score (nSPS) is 17.3. The highest BCUT2D eigenvalue weighted by Crippen LogP contribution is 2.32. The average molecular weight is 320 g/mol. The molecule has 9 heteroatoms. The zero-order valence-electron chi connectivity index (χ0n) is 12.9. The minimum Gasteiger partial charge on any atom is -0.481 e. The van der Waals surface area contributed by atoms with E-state index < -0.39 is 17.2 Å². The van der Waals surface area contributed by atoms with E-state index in [9.17, 15) is 14.3 Å². The van der Waals surface area contributed by atoms with Gasteiger partial charge in [-0.05, 0) is 19.8 Å². The molecule has 0 radical (unpaired) electrons. The zero-order chi connectivity index (χ0) is 16.6. The van der Waals surface area contributed by atoms with E-state index in [4.69, 9.17) is 0 Å². The highest BCUT2D eigenvalue weighted by atomic mass is 19.1. The number of halogens is 1. The summed E-state index contributed by atoms with van der Waals surface area (Å²) >= 11 is 0. The van der Waals surface area contributed by atoms with E-state index in [-0.39, 0.29) is 5.69 Å². The fraction of sp³-hybridized carbons (Fsp3) is 0.500. The van der Waals surface area contributed by atoms with Crippen molar-refractivity contribution in [2.45, 2.75) is 19.8 Å². The van der Waals surface area contributed by atoms with Gasteiger partial charge in [0, 0.05) is 20.1 Å². The molecule has 0 amide bonds. The second-order valence-corrected chi connectivity index (χ2v) is 5.93. The van der Waals surface area contributed by atoms with Crippen LogP contribution in [-0.4, -0.2) is 48.9 Å². The monoisotopic (exact) mass is 320 g/mol. The largest absolute Gasteiger partial charge is 0.481 e. The lowest BCUT2D eigenvalue weighted by Gasteiger charge is -2.36. The lowest BCUT2D eigenvalue weighted by molar-refractivity contribution is -0.149. The summed E-state index contributed by atoms with van der Waals surface area (Å²) in [7, 11) is 1.66. The minimum atomic E-state index is -0.794. The first-order chi connectivity index (χ1) is 10.9. The first kappa shape index (κ1) is 15.3. The second-order valence-electron chi connectivity index (χ2n) is 5.93. The SMILES string of the molecule is Cn1ncnc1-c1nc(N2CCC(C)(C(=O)O)CC2)ncc1F. The van der Waals surface area contributed by atoms with E-state index in [1.54, 1.807) is 14.0 Å². The van der Waals surface area contributed by atoms with Gasteiger partial charge < -0.3 is 10.0 Å². The number of aromatic nitrogens is 5. The number of carboxylic acids is 1. The van der Waals surface area contributed by atoms with E-state index >= 15 is 0 Å². The number of hydrogen-bond acceptors (Lipinski definition) is 6. The molecule has 1 saturated heterocycles. The first-order valence-corrected chi connectivity index (χ1v) is 7.26. The van der Waals surface area contributed by atoms with Crippen LogP contribution in [0.4, 0.5) is 10.3 Å². The van der Waals surface area contributed by atoms with Gasteiger partial charge in [-0.3, -0.25) is 4.79 Å². The van der Waals surface area contributed by atoms with Crippen LogP contribution in [0.15, 0.2) is 12.5 Å². The van der Waals surface area contributed by atoms with Crippen LogP contribution in [0.1, 0.15) is 19.8 Å². The van der Waals surface area contributed by atoms with E-state index in [2.05, 4.69) is 20.1 Å². The molecule has 0 bridgehead atoms. The minimum absolute atomic E-state index is 0.0848. The molecule has 0 atom stereocenters. The highest BCUT2D eigenvalue weighted by Gasteiger charge is 2.37. The predicted octanol–water partition coefficient (Wildman–Crippen LogP) is 1.10. The van der Waals surface area contributed by atoms with E-state index in [1.165, 1.54) is 11.0 Å². The Morgan fingerprint density at radius 1 is 1.35 bits per heavy atom. The van der Waals surface area contributed by atoms with Crippen molar-refractivity contribution in [1.82, 2.24) is 24.7 Å². The molecule has 3 rings (SSSR count). The van der Waals surface area contributed by atoms with Crippen LogP contribution < -0.4 is 4.90 Å². The van der Waals surface area contributed by atoms with Crippen molar-refractivity contribution in [3.05, 3.63) is 18.3 Å². The van der Waals surface area contributed by atoms with E-state index in [0.717, 1.165) is 6.20 Å². The lowest BCUT2D eigenvalue weighted by atomic mass is 9.80. The van der Waals surface area contributed by atoms with Crippen LogP contribution in [0, 0.1) is 11.2 Å². The topological polar surface area (TPSA) is 97.0 Å². The molecule has 122 valence electrons. The van der Waals surface area contributed by atoms with Crippen molar-refractivity contribution in [1.29, 1.82) is 0 Å². The van der Waals surface area contributed by atoms with Gasteiger partial charge in [-0.25, -0.2) is 24.0 Å². The van der Waals surface area contributed by atoms with Crippen molar-refractivity contribution >= 4 is 11.9 Å². The highest BCUT2D eigenvalue weighted by molar-refractivity contribution is 5.74. The van der Waals surface area contributed by atoms with Gasteiger partial charge in [0.1, 0.15) is 12.0 Å². The Morgan fingerprint density at radius 2 is 2.04 bits per heavy atom. The number of carbonyl (C=O) groups is 1. The molecular weight excluding hydrogens is 303 g/mol. The summed E-state index contributed by atoms with van der Waals surface area (Å²) < 4.78 is 15.4. The Kier molecular flexibility index (Phi) is 3.70. The summed E-state index contributed by atoms with van der Waals surface area (Å²) in [6.45, 7) is 2.75. The molecule has 0 unspecified atom stereocenters. The number of carboxylic acid groups (broad SMARTS) is 1. The van der Waals surface area contributed by atoms with Gasteiger partial charge in [0.2, 0.25) is 5.95 Å². The fourth-order valence-corrected chi connectivity index (χ4v) is 2.59. The van der Waals surface area contributed by atoms with Crippen LogP contribution in [0.3, 0.4) is 0 Å². The van der Waals surface area contributed by atoms with Crippen molar-refractivity contribution in [3.63, 3.8) is 0 Å². The molecule has 2 aromatic rings. The Labute approximate surface area is 132 Å². The van der Waals surface area contributed by atoms with Crippen molar-refractivity contribution in [2.75, 3.05) is 18.0 Å². The maximum absolute atomic E-state index is 14.0. The molecule has 0 saturated carbocycles. The number of rotatable bonds is 3. The van der Waals surface area contributed by atoms with Crippen LogP contribution in [0.25, 0.3) is 11.5 Å². The number of aryl methyl sites for hydroxylation is 1. The molecule has 1 fully saturated rings. The molecule has 1 aliphatic heterocycles. The maximum atomic E-state index is 14.0. The first-order valence-electron chi connectivity index (χ1n) is 7.26. The predicted molar refractivity (Wildman–Crippen MR) is 79.2 cm³/mol. The summed E-state index contributed by atoms with van der Waals surface area (Å²) in [4.78, 5) is 25.5.